The average Bonchev–Trinajstić information content (AvgIpc) is 2.84. The highest BCUT2D eigenvalue weighted by molar-refractivity contribution is 7.99. The first-order chi connectivity index (χ1) is 9.69. The van der Waals surface area contributed by atoms with E-state index in [1.807, 2.05) is 42.1 Å². The van der Waals surface area contributed by atoms with E-state index in [0.29, 0.717) is 17.0 Å². The molecule has 1 aromatic carbocycles. The van der Waals surface area contributed by atoms with Gasteiger partial charge in [0, 0.05) is 23.1 Å². The first-order valence-corrected chi connectivity index (χ1v) is 8.19. The highest BCUT2D eigenvalue weighted by Crippen LogP contribution is 2.29. The zero-order valence-electron chi connectivity index (χ0n) is 11.8. The fourth-order valence-corrected chi connectivity index (χ4v) is 3.77. The van der Waals surface area contributed by atoms with E-state index in [2.05, 4.69) is 12.2 Å². The van der Waals surface area contributed by atoms with Crippen molar-refractivity contribution in [3.05, 3.63) is 35.9 Å². The van der Waals surface area contributed by atoms with Crippen LogP contribution in [0.1, 0.15) is 31.7 Å². The van der Waals surface area contributed by atoms with Crippen LogP contribution in [-0.4, -0.2) is 23.0 Å². The van der Waals surface area contributed by atoms with E-state index in [-0.39, 0.29) is 5.91 Å². The SMILES string of the molecule is CCSC1CCCC1NC(=O)/C=C/c1cccc(N)c1. The number of nitrogens with one attached hydrogen (secondary N) is 1. The molecular formula is C16H22N2OS. The van der Waals surface area contributed by atoms with Gasteiger partial charge in [0.2, 0.25) is 5.91 Å². The summed E-state index contributed by atoms with van der Waals surface area (Å²) in [5, 5.41) is 3.69. The van der Waals surface area contributed by atoms with Crippen molar-refractivity contribution in [3.63, 3.8) is 0 Å². The van der Waals surface area contributed by atoms with Crippen LogP contribution in [0.25, 0.3) is 6.08 Å². The van der Waals surface area contributed by atoms with E-state index in [9.17, 15) is 4.79 Å². The second-order valence-corrected chi connectivity index (χ2v) is 6.56. The Hall–Kier alpha value is -1.42. The van der Waals surface area contributed by atoms with E-state index in [0.717, 1.165) is 17.7 Å². The molecule has 0 saturated heterocycles. The van der Waals surface area contributed by atoms with Crippen LogP contribution in [0.2, 0.25) is 0 Å². The van der Waals surface area contributed by atoms with Gasteiger partial charge in [0.15, 0.2) is 0 Å². The standard InChI is InChI=1S/C16H22N2OS/c1-2-20-15-8-4-7-14(15)18-16(19)10-9-12-5-3-6-13(17)11-12/h3,5-6,9-11,14-15H,2,4,7-8,17H2,1H3,(H,18,19)/b10-9+. The van der Waals surface area contributed by atoms with Gasteiger partial charge in [0.25, 0.3) is 0 Å². The van der Waals surface area contributed by atoms with E-state index in [4.69, 9.17) is 5.73 Å². The highest BCUT2D eigenvalue weighted by atomic mass is 32.2. The van der Waals surface area contributed by atoms with Crippen LogP contribution in [0, 0.1) is 0 Å². The maximum atomic E-state index is 12.0. The van der Waals surface area contributed by atoms with Crippen molar-refractivity contribution in [1.29, 1.82) is 0 Å². The lowest BCUT2D eigenvalue weighted by Gasteiger charge is -2.19. The lowest BCUT2D eigenvalue weighted by Crippen LogP contribution is -2.37. The van der Waals surface area contributed by atoms with Crippen LogP contribution in [0.3, 0.4) is 0 Å². The van der Waals surface area contributed by atoms with Crippen molar-refractivity contribution in [2.24, 2.45) is 0 Å². The monoisotopic (exact) mass is 290 g/mol. The van der Waals surface area contributed by atoms with Crippen LogP contribution in [0.15, 0.2) is 30.3 Å². The van der Waals surface area contributed by atoms with Crippen LogP contribution in [-0.2, 0) is 4.79 Å². The summed E-state index contributed by atoms with van der Waals surface area (Å²) < 4.78 is 0. The number of carbonyl (C=O) groups is 1. The number of benzene rings is 1. The Balaban J connectivity index is 1.89. The molecule has 108 valence electrons. The Morgan fingerprint density at radius 1 is 1.50 bits per heavy atom. The second kappa shape index (κ2) is 7.39. The van der Waals surface area contributed by atoms with Gasteiger partial charge in [-0.3, -0.25) is 4.79 Å². The predicted octanol–water partition coefficient (Wildman–Crippen LogP) is 3.07. The molecule has 4 heteroatoms. The lowest BCUT2D eigenvalue weighted by molar-refractivity contribution is -0.117. The van der Waals surface area contributed by atoms with E-state index < -0.39 is 0 Å². The third-order valence-electron chi connectivity index (χ3n) is 3.50. The third-order valence-corrected chi connectivity index (χ3v) is 4.82. The molecule has 2 unspecified atom stereocenters. The Kier molecular flexibility index (Phi) is 5.53. The molecule has 0 spiro atoms. The number of nitrogen functional groups attached to an aromatic ring is 1. The molecule has 1 aliphatic carbocycles. The smallest absolute Gasteiger partial charge is 0.244 e. The normalized spacial score (nSPS) is 22.2. The highest BCUT2D eigenvalue weighted by Gasteiger charge is 2.27. The maximum absolute atomic E-state index is 12.0. The molecule has 0 aromatic heterocycles. The molecule has 1 fully saturated rings. The topological polar surface area (TPSA) is 55.1 Å². The third kappa shape index (κ3) is 4.30. The van der Waals surface area contributed by atoms with E-state index in [1.54, 1.807) is 6.08 Å². The molecule has 1 aromatic rings. The summed E-state index contributed by atoms with van der Waals surface area (Å²) in [6.07, 6.45) is 6.92. The molecule has 2 atom stereocenters. The van der Waals surface area contributed by atoms with Gasteiger partial charge in [-0.15, -0.1) is 0 Å². The van der Waals surface area contributed by atoms with Crippen molar-refractivity contribution in [1.82, 2.24) is 5.32 Å². The molecular weight excluding hydrogens is 268 g/mol. The summed E-state index contributed by atoms with van der Waals surface area (Å²) in [5.74, 6) is 1.09. The van der Waals surface area contributed by atoms with Gasteiger partial charge in [0.05, 0.1) is 0 Å². The molecule has 1 saturated carbocycles. The molecule has 0 aliphatic heterocycles. The molecule has 0 radical (unpaired) electrons. The van der Waals surface area contributed by atoms with E-state index >= 15 is 0 Å². The van der Waals surface area contributed by atoms with Gasteiger partial charge in [-0.05, 0) is 42.4 Å². The fraction of sp³-hybridized carbons (Fsp3) is 0.438. The van der Waals surface area contributed by atoms with Gasteiger partial charge in [-0.1, -0.05) is 25.5 Å². The fourth-order valence-electron chi connectivity index (χ4n) is 2.57. The summed E-state index contributed by atoms with van der Waals surface area (Å²) in [5.41, 5.74) is 7.37. The van der Waals surface area contributed by atoms with Crippen LogP contribution < -0.4 is 11.1 Å². The number of hydrogen-bond donors (Lipinski definition) is 2. The lowest BCUT2D eigenvalue weighted by atomic mass is 10.2. The largest absolute Gasteiger partial charge is 0.399 e. The minimum Gasteiger partial charge on any atom is -0.399 e. The average molecular weight is 290 g/mol. The first-order valence-electron chi connectivity index (χ1n) is 7.14. The molecule has 0 bridgehead atoms. The van der Waals surface area contributed by atoms with Gasteiger partial charge in [-0.25, -0.2) is 0 Å². The zero-order valence-corrected chi connectivity index (χ0v) is 12.7. The van der Waals surface area contributed by atoms with Crippen molar-refractivity contribution in [2.75, 3.05) is 11.5 Å². The summed E-state index contributed by atoms with van der Waals surface area (Å²) in [7, 11) is 0. The molecule has 1 amide bonds. The quantitative estimate of drug-likeness (QED) is 0.647. The molecule has 0 heterocycles. The van der Waals surface area contributed by atoms with E-state index in [1.165, 1.54) is 12.8 Å². The number of amides is 1. The van der Waals surface area contributed by atoms with Crippen molar-refractivity contribution < 1.29 is 4.79 Å². The summed E-state index contributed by atoms with van der Waals surface area (Å²) in [6, 6.07) is 7.83. The predicted molar refractivity (Wildman–Crippen MR) is 87.6 cm³/mol. The summed E-state index contributed by atoms with van der Waals surface area (Å²) >= 11 is 1.95. The number of thioether (sulfide) groups is 1. The van der Waals surface area contributed by atoms with Gasteiger partial charge in [-0.2, -0.15) is 11.8 Å². The van der Waals surface area contributed by atoms with Crippen LogP contribution >= 0.6 is 11.8 Å². The van der Waals surface area contributed by atoms with Crippen molar-refractivity contribution in [3.8, 4) is 0 Å². The first kappa shape index (κ1) is 15.0. The van der Waals surface area contributed by atoms with Gasteiger partial charge >= 0.3 is 0 Å². The minimum atomic E-state index is -0.0129. The van der Waals surface area contributed by atoms with Gasteiger partial charge in [0.1, 0.15) is 0 Å². The van der Waals surface area contributed by atoms with Crippen molar-refractivity contribution in [2.45, 2.75) is 37.5 Å². The number of rotatable bonds is 5. The maximum Gasteiger partial charge on any atom is 0.244 e. The molecule has 3 N–H and O–H groups in total. The Morgan fingerprint density at radius 3 is 3.10 bits per heavy atom. The minimum absolute atomic E-state index is 0.0129. The van der Waals surface area contributed by atoms with Crippen molar-refractivity contribution >= 4 is 29.4 Å². The Labute approximate surface area is 125 Å². The van der Waals surface area contributed by atoms with Crippen LogP contribution in [0.5, 0.6) is 0 Å². The second-order valence-electron chi connectivity index (χ2n) is 5.04. The number of hydrogen-bond acceptors (Lipinski definition) is 3. The summed E-state index contributed by atoms with van der Waals surface area (Å²) in [6.45, 7) is 2.17. The molecule has 2 rings (SSSR count). The Bertz CT molecular complexity index is 487. The number of carbonyl (C=O) groups excluding carboxylic acids is 1. The van der Waals surface area contributed by atoms with Crippen LogP contribution in [0.4, 0.5) is 5.69 Å². The van der Waals surface area contributed by atoms with Gasteiger partial charge < -0.3 is 11.1 Å². The molecule has 3 nitrogen and oxygen atoms in total. The Morgan fingerprint density at radius 2 is 2.35 bits per heavy atom. The number of nitrogens with two attached hydrogens (primary N) is 1. The zero-order chi connectivity index (χ0) is 14.4. The summed E-state index contributed by atoms with van der Waals surface area (Å²) in [4.78, 5) is 12.0. The molecule has 20 heavy (non-hydrogen) atoms. The number of anilines is 1. The molecule has 1 aliphatic rings.